The quantitative estimate of drug-likeness (QED) is 0.137. The van der Waals surface area contributed by atoms with E-state index in [1.807, 2.05) is 60.7 Å². The predicted octanol–water partition coefficient (Wildman–Crippen LogP) is 6.51. The van der Waals surface area contributed by atoms with Gasteiger partial charge in [-0.15, -0.1) is 0 Å². The summed E-state index contributed by atoms with van der Waals surface area (Å²) in [6, 6.07) is 19.4. The highest BCUT2D eigenvalue weighted by Gasteiger charge is 1.98. The van der Waals surface area contributed by atoms with E-state index in [-0.39, 0.29) is 11.9 Å². The highest BCUT2D eigenvalue weighted by Crippen LogP contribution is 2.04. The predicted molar refractivity (Wildman–Crippen MR) is 149 cm³/mol. The lowest BCUT2D eigenvalue weighted by molar-refractivity contribution is -0.138. The van der Waals surface area contributed by atoms with Gasteiger partial charge in [0.2, 0.25) is 0 Å². The molecule has 0 N–H and O–H groups in total. The van der Waals surface area contributed by atoms with Gasteiger partial charge in [0.05, 0.1) is 13.2 Å². The van der Waals surface area contributed by atoms with E-state index < -0.39 is 0 Å². The molecule has 0 aliphatic rings. The summed E-state index contributed by atoms with van der Waals surface area (Å²) in [7, 11) is 3.40. The fourth-order valence-electron chi connectivity index (χ4n) is 3.13. The number of ether oxygens (including phenoxy) is 4. The Bertz CT molecular complexity index is 877. The third kappa shape index (κ3) is 19.6. The molecule has 0 saturated heterocycles. The number of hydrogen-bond donors (Lipinski definition) is 0. The molecule has 0 aromatic heterocycles. The van der Waals surface area contributed by atoms with E-state index in [2.05, 4.69) is 0 Å². The van der Waals surface area contributed by atoms with Gasteiger partial charge in [0.15, 0.2) is 0 Å². The molecule has 6 nitrogen and oxygen atoms in total. The summed E-state index contributed by atoms with van der Waals surface area (Å²) in [5.41, 5.74) is 1.99. The van der Waals surface area contributed by atoms with Crippen molar-refractivity contribution >= 4 is 24.1 Å². The molecular formula is C31H42O6. The average Bonchev–Trinajstić information content (AvgIpc) is 2.93. The summed E-state index contributed by atoms with van der Waals surface area (Å²) in [5, 5.41) is 0. The van der Waals surface area contributed by atoms with E-state index in [1.54, 1.807) is 26.4 Å². The summed E-state index contributed by atoms with van der Waals surface area (Å²) in [6.45, 7) is 2.54. The highest BCUT2D eigenvalue weighted by atomic mass is 16.5. The Hall–Kier alpha value is -3.22. The van der Waals surface area contributed by atoms with Gasteiger partial charge < -0.3 is 18.9 Å². The van der Waals surface area contributed by atoms with Crippen LogP contribution in [-0.4, -0.2) is 52.6 Å². The Kier molecular flexibility index (Phi) is 19.9. The fourth-order valence-corrected chi connectivity index (χ4v) is 3.13. The first-order valence-corrected chi connectivity index (χ1v) is 12.9. The Labute approximate surface area is 222 Å². The molecule has 0 spiro atoms. The molecule has 0 fully saturated rings. The van der Waals surface area contributed by atoms with E-state index in [4.69, 9.17) is 18.9 Å². The Balaban J connectivity index is 0.000000371. The molecular weight excluding hydrogens is 468 g/mol. The second-order valence-electron chi connectivity index (χ2n) is 8.28. The van der Waals surface area contributed by atoms with Gasteiger partial charge >= 0.3 is 11.9 Å². The SMILES string of the molecule is COCCCCCCOC(=O)/C=C/c1ccccc1.COCCCCCOC(=O)/C=C/c1ccccc1. The van der Waals surface area contributed by atoms with Crippen molar-refractivity contribution < 1.29 is 28.5 Å². The maximum absolute atomic E-state index is 11.4. The van der Waals surface area contributed by atoms with Crippen LogP contribution in [-0.2, 0) is 28.5 Å². The van der Waals surface area contributed by atoms with Crippen molar-refractivity contribution in [3.63, 3.8) is 0 Å². The summed E-state index contributed by atoms with van der Waals surface area (Å²) < 4.78 is 20.1. The van der Waals surface area contributed by atoms with Gasteiger partial charge in [-0.25, -0.2) is 9.59 Å². The van der Waals surface area contributed by atoms with Crippen molar-refractivity contribution in [3.05, 3.63) is 83.9 Å². The third-order valence-corrected chi connectivity index (χ3v) is 5.15. The standard InChI is InChI=1S/C16H22O3.C15H20O3/c1-18-13-7-2-3-8-14-19-16(17)12-11-15-9-5-4-6-10-15;1-17-12-6-3-7-13-18-15(16)11-10-14-8-4-2-5-9-14/h4-6,9-12H,2-3,7-8,13-14H2,1H3;2,4-5,8-11H,3,6-7,12-13H2,1H3/b12-11+;11-10+. The summed E-state index contributed by atoms with van der Waals surface area (Å²) in [6.07, 6.45) is 13.5. The molecule has 6 heteroatoms. The molecule has 0 atom stereocenters. The first-order chi connectivity index (χ1) is 18.2. The molecule has 2 rings (SSSR count). The lowest BCUT2D eigenvalue weighted by atomic mass is 10.2. The third-order valence-electron chi connectivity index (χ3n) is 5.15. The maximum Gasteiger partial charge on any atom is 0.330 e. The van der Waals surface area contributed by atoms with Crippen LogP contribution in [0.3, 0.4) is 0 Å². The van der Waals surface area contributed by atoms with Gasteiger partial charge in [-0.2, -0.15) is 0 Å². The van der Waals surface area contributed by atoms with Crippen molar-refractivity contribution in [1.29, 1.82) is 0 Å². The van der Waals surface area contributed by atoms with Gasteiger partial charge in [0.1, 0.15) is 0 Å². The van der Waals surface area contributed by atoms with Crippen LogP contribution >= 0.6 is 0 Å². The number of esters is 2. The molecule has 0 radical (unpaired) electrons. The first-order valence-electron chi connectivity index (χ1n) is 12.9. The van der Waals surface area contributed by atoms with Crippen molar-refractivity contribution in [2.75, 3.05) is 40.6 Å². The van der Waals surface area contributed by atoms with Crippen molar-refractivity contribution in [2.45, 2.75) is 44.9 Å². The maximum atomic E-state index is 11.4. The van der Waals surface area contributed by atoms with Gasteiger partial charge in [0.25, 0.3) is 0 Å². The molecule has 0 heterocycles. The van der Waals surface area contributed by atoms with Gasteiger partial charge in [-0.05, 0) is 61.8 Å². The van der Waals surface area contributed by atoms with E-state index in [0.717, 1.165) is 69.3 Å². The number of benzene rings is 2. The van der Waals surface area contributed by atoms with Crippen LogP contribution in [0.4, 0.5) is 0 Å². The second kappa shape index (κ2) is 23.2. The normalized spacial score (nSPS) is 10.8. The number of rotatable bonds is 17. The number of methoxy groups -OCH3 is 2. The molecule has 2 aromatic rings. The average molecular weight is 511 g/mol. The summed E-state index contributed by atoms with van der Waals surface area (Å²) >= 11 is 0. The van der Waals surface area contributed by atoms with Crippen LogP contribution in [0.1, 0.15) is 56.1 Å². The molecule has 0 aliphatic heterocycles. The minimum absolute atomic E-state index is 0.277. The van der Waals surface area contributed by atoms with Gasteiger partial charge in [-0.1, -0.05) is 67.1 Å². The molecule has 0 bridgehead atoms. The lowest BCUT2D eigenvalue weighted by Gasteiger charge is -2.02. The Morgan fingerprint density at radius 3 is 1.27 bits per heavy atom. The van der Waals surface area contributed by atoms with Crippen molar-refractivity contribution in [2.24, 2.45) is 0 Å². The number of carbonyl (C=O) groups is 2. The Morgan fingerprint density at radius 2 is 0.892 bits per heavy atom. The topological polar surface area (TPSA) is 71.1 Å². The van der Waals surface area contributed by atoms with E-state index >= 15 is 0 Å². The number of unbranched alkanes of at least 4 members (excludes halogenated alkanes) is 5. The summed E-state index contributed by atoms with van der Waals surface area (Å²) in [5.74, 6) is -0.564. The number of hydrogen-bond acceptors (Lipinski definition) is 6. The second-order valence-corrected chi connectivity index (χ2v) is 8.28. The zero-order valence-corrected chi connectivity index (χ0v) is 22.3. The van der Waals surface area contributed by atoms with Gasteiger partial charge in [0, 0.05) is 39.6 Å². The zero-order chi connectivity index (χ0) is 26.8. The highest BCUT2D eigenvalue weighted by molar-refractivity contribution is 5.87. The van der Waals surface area contributed by atoms with E-state index in [1.165, 1.54) is 12.2 Å². The molecule has 0 amide bonds. The number of carbonyl (C=O) groups excluding carboxylic acids is 2. The van der Waals surface area contributed by atoms with Crippen LogP contribution in [0.5, 0.6) is 0 Å². The minimum atomic E-state index is -0.286. The van der Waals surface area contributed by atoms with Crippen LogP contribution in [0.25, 0.3) is 12.2 Å². The van der Waals surface area contributed by atoms with Crippen molar-refractivity contribution in [3.8, 4) is 0 Å². The molecule has 0 unspecified atom stereocenters. The molecule has 37 heavy (non-hydrogen) atoms. The molecule has 202 valence electrons. The smallest absolute Gasteiger partial charge is 0.330 e. The van der Waals surface area contributed by atoms with Crippen LogP contribution in [0, 0.1) is 0 Å². The largest absolute Gasteiger partial charge is 0.463 e. The first kappa shape index (κ1) is 31.8. The van der Waals surface area contributed by atoms with E-state index in [9.17, 15) is 9.59 Å². The Morgan fingerprint density at radius 1 is 0.541 bits per heavy atom. The van der Waals surface area contributed by atoms with Crippen molar-refractivity contribution in [1.82, 2.24) is 0 Å². The zero-order valence-electron chi connectivity index (χ0n) is 22.3. The van der Waals surface area contributed by atoms with Crippen LogP contribution in [0.15, 0.2) is 72.8 Å². The monoisotopic (exact) mass is 510 g/mol. The molecule has 0 aliphatic carbocycles. The van der Waals surface area contributed by atoms with Crippen LogP contribution in [0.2, 0.25) is 0 Å². The van der Waals surface area contributed by atoms with E-state index in [0.29, 0.717) is 13.2 Å². The van der Waals surface area contributed by atoms with Crippen LogP contribution < -0.4 is 0 Å². The molecule has 0 saturated carbocycles. The summed E-state index contributed by atoms with van der Waals surface area (Å²) in [4.78, 5) is 22.8. The minimum Gasteiger partial charge on any atom is -0.463 e. The van der Waals surface area contributed by atoms with Gasteiger partial charge in [-0.3, -0.25) is 0 Å². The fraction of sp³-hybridized carbons (Fsp3) is 0.419. The molecule has 2 aromatic carbocycles. The lowest BCUT2D eigenvalue weighted by Crippen LogP contribution is -2.02.